The van der Waals surface area contributed by atoms with Gasteiger partial charge in [0.05, 0.1) is 26.4 Å². The highest BCUT2D eigenvalue weighted by atomic mass is 16.5. The molecule has 27 heavy (non-hydrogen) atoms. The first-order chi connectivity index (χ1) is 13.3. The molecule has 0 bridgehead atoms. The SMILES string of the molecule is COCCN(CCOC)CCOCCOc1ccc(C2CCCCC2)cc1. The van der Waals surface area contributed by atoms with E-state index < -0.39 is 0 Å². The lowest BCUT2D eigenvalue weighted by Gasteiger charge is -2.22. The van der Waals surface area contributed by atoms with Gasteiger partial charge in [-0.25, -0.2) is 0 Å². The van der Waals surface area contributed by atoms with Crippen molar-refractivity contribution in [2.24, 2.45) is 0 Å². The van der Waals surface area contributed by atoms with Crippen LogP contribution in [0, 0.1) is 0 Å². The van der Waals surface area contributed by atoms with E-state index in [1.54, 1.807) is 14.2 Å². The average molecular weight is 380 g/mol. The van der Waals surface area contributed by atoms with E-state index >= 15 is 0 Å². The van der Waals surface area contributed by atoms with Gasteiger partial charge in [-0.2, -0.15) is 0 Å². The first-order valence-electron chi connectivity index (χ1n) is 10.3. The van der Waals surface area contributed by atoms with Crippen LogP contribution in [0.2, 0.25) is 0 Å². The normalized spacial score (nSPS) is 15.4. The van der Waals surface area contributed by atoms with E-state index in [0.29, 0.717) is 19.8 Å². The molecule has 0 aromatic heterocycles. The van der Waals surface area contributed by atoms with E-state index in [4.69, 9.17) is 18.9 Å². The Bertz CT molecular complexity index is 466. The molecule has 154 valence electrons. The van der Waals surface area contributed by atoms with Crippen molar-refractivity contribution >= 4 is 0 Å². The van der Waals surface area contributed by atoms with Gasteiger partial charge in [0.1, 0.15) is 12.4 Å². The molecular formula is C22H37NO4. The monoisotopic (exact) mass is 379 g/mol. The van der Waals surface area contributed by atoms with Crippen LogP contribution >= 0.6 is 0 Å². The molecule has 2 rings (SSSR count). The van der Waals surface area contributed by atoms with Gasteiger partial charge in [-0.05, 0) is 36.5 Å². The van der Waals surface area contributed by atoms with Gasteiger partial charge in [0.25, 0.3) is 0 Å². The highest BCUT2D eigenvalue weighted by molar-refractivity contribution is 5.29. The van der Waals surface area contributed by atoms with Gasteiger partial charge >= 0.3 is 0 Å². The molecule has 0 N–H and O–H groups in total. The molecule has 1 saturated carbocycles. The van der Waals surface area contributed by atoms with Crippen LogP contribution in [0.15, 0.2) is 24.3 Å². The van der Waals surface area contributed by atoms with E-state index in [0.717, 1.165) is 44.5 Å². The van der Waals surface area contributed by atoms with Gasteiger partial charge < -0.3 is 18.9 Å². The van der Waals surface area contributed by atoms with Crippen LogP contribution < -0.4 is 4.74 Å². The zero-order chi connectivity index (χ0) is 19.2. The number of hydrogen-bond donors (Lipinski definition) is 0. The molecule has 1 aromatic rings. The van der Waals surface area contributed by atoms with Crippen molar-refractivity contribution in [2.75, 3.05) is 66.9 Å². The predicted molar refractivity (Wildman–Crippen MR) is 109 cm³/mol. The second kappa shape index (κ2) is 13.9. The summed E-state index contributed by atoms with van der Waals surface area (Å²) in [4.78, 5) is 2.29. The average Bonchev–Trinajstić information content (AvgIpc) is 2.73. The topological polar surface area (TPSA) is 40.2 Å². The Kier molecular flexibility index (Phi) is 11.4. The van der Waals surface area contributed by atoms with Crippen LogP contribution in [0.3, 0.4) is 0 Å². The molecule has 0 spiro atoms. The number of hydrogen-bond acceptors (Lipinski definition) is 5. The molecule has 0 saturated heterocycles. The second-order valence-corrected chi connectivity index (χ2v) is 7.19. The van der Waals surface area contributed by atoms with Crippen molar-refractivity contribution in [2.45, 2.75) is 38.0 Å². The maximum Gasteiger partial charge on any atom is 0.119 e. The fraction of sp³-hybridized carbons (Fsp3) is 0.727. The summed E-state index contributed by atoms with van der Waals surface area (Å²) in [7, 11) is 3.45. The lowest BCUT2D eigenvalue weighted by Crippen LogP contribution is -2.33. The molecular weight excluding hydrogens is 342 g/mol. The van der Waals surface area contributed by atoms with Crippen LogP contribution in [-0.2, 0) is 14.2 Å². The van der Waals surface area contributed by atoms with Crippen LogP contribution in [0.5, 0.6) is 5.75 Å². The number of nitrogens with zero attached hydrogens (tertiary/aromatic N) is 1. The van der Waals surface area contributed by atoms with Crippen LogP contribution in [0.25, 0.3) is 0 Å². The summed E-state index contributed by atoms with van der Waals surface area (Å²) in [6.45, 7) is 6.00. The minimum atomic E-state index is 0.582. The number of benzene rings is 1. The summed E-state index contributed by atoms with van der Waals surface area (Å²) in [5.74, 6) is 1.68. The van der Waals surface area contributed by atoms with E-state index in [1.165, 1.54) is 37.7 Å². The minimum absolute atomic E-state index is 0.582. The Labute approximate surface area is 164 Å². The first kappa shape index (κ1) is 22.2. The van der Waals surface area contributed by atoms with Crippen molar-refractivity contribution in [1.29, 1.82) is 0 Å². The Morgan fingerprint density at radius 1 is 0.778 bits per heavy atom. The van der Waals surface area contributed by atoms with Gasteiger partial charge in [0, 0.05) is 33.9 Å². The van der Waals surface area contributed by atoms with Gasteiger partial charge in [-0.3, -0.25) is 4.90 Å². The molecule has 1 aromatic carbocycles. The molecule has 0 atom stereocenters. The third-order valence-corrected chi connectivity index (χ3v) is 5.23. The molecule has 0 unspecified atom stereocenters. The minimum Gasteiger partial charge on any atom is -0.491 e. The Hall–Kier alpha value is -1.14. The third-order valence-electron chi connectivity index (χ3n) is 5.23. The van der Waals surface area contributed by atoms with E-state index in [9.17, 15) is 0 Å². The number of rotatable bonds is 14. The maximum atomic E-state index is 5.81. The fourth-order valence-electron chi connectivity index (χ4n) is 3.56. The molecule has 0 amide bonds. The lowest BCUT2D eigenvalue weighted by molar-refractivity contribution is 0.0606. The summed E-state index contributed by atoms with van der Waals surface area (Å²) < 4.78 is 21.8. The lowest BCUT2D eigenvalue weighted by atomic mass is 9.84. The van der Waals surface area contributed by atoms with Gasteiger partial charge in [-0.1, -0.05) is 31.4 Å². The third kappa shape index (κ3) is 9.06. The Morgan fingerprint density at radius 2 is 1.41 bits per heavy atom. The Balaban J connectivity index is 1.57. The molecule has 1 fully saturated rings. The molecule has 0 aliphatic heterocycles. The summed E-state index contributed by atoms with van der Waals surface area (Å²) in [6, 6.07) is 8.66. The quantitative estimate of drug-likeness (QED) is 0.461. The molecule has 0 radical (unpaired) electrons. The summed E-state index contributed by atoms with van der Waals surface area (Å²) >= 11 is 0. The van der Waals surface area contributed by atoms with E-state index in [-0.39, 0.29) is 0 Å². The number of ether oxygens (including phenoxy) is 4. The van der Waals surface area contributed by atoms with Crippen molar-refractivity contribution in [3.05, 3.63) is 29.8 Å². The molecule has 1 aliphatic carbocycles. The summed E-state index contributed by atoms with van der Waals surface area (Å²) in [6.07, 6.45) is 6.80. The van der Waals surface area contributed by atoms with Crippen molar-refractivity contribution < 1.29 is 18.9 Å². The van der Waals surface area contributed by atoms with Crippen molar-refractivity contribution in [3.63, 3.8) is 0 Å². The highest BCUT2D eigenvalue weighted by Crippen LogP contribution is 2.33. The highest BCUT2D eigenvalue weighted by Gasteiger charge is 2.15. The van der Waals surface area contributed by atoms with Crippen LogP contribution in [0.4, 0.5) is 0 Å². The van der Waals surface area contributed by atoms with Crippen molar-refractivity contribution in [3.8, 4) is 5.75 Å². The second-order valence-electron chi connectivity index (χ2n) is 7.19. The molecule has 5 nitrogen and oxygen atoms in total. The summed E-state index contributed by atoms with van der Waals surface area (Å²) in [5.41, 5.74) is 1.46. The predicted octanol–water partition coefficient (Wildman–Crippen LogP) is 3.72. The van der Waals surface area contributed by atoms with Crippen LogP contribution in [0.1, 0.15) is 43.6 Å². The number of methoxy groups -OCH3 is 2. The first-order valence-corrected chi connectivity index (χ1v) is 10.3. The van der Waals surface area contributed by atoms with Gasteiger partial charge in [0.2, 0.25) is 0 Å². The van der Waals surface area contributed by atoms with Gasteiger partial charge in [-0.15, -0.1) is 0 Å². The standard InChI is InChI=1S/C22H37NO4/c1-24-15-12-23(13-16-25-2)14-17-26-18-19-27-22-10-8-21(9-11-22)20-6-4-3-5-7-20/h8-11,20H,3-7,12-19H2,1-2H3. The molecule has 5 heteroatoms. The fourth-order valence-corrected chi connectivity index (χ4v) is 3.56. The smallest absolute Gasteiger partial charge is 0.119 e. The van der Waals surface area contributed by atoms with Gasteiger partial charge in [0.15, 0.2) is 0 Å². The maximum absolute atomic E-state index is 5.81. The largest absolute Gasteiger partial charge is 0.491 e. The van der Waals surface area contributed by atoms with Crippen molar-refractivity contribution in [1.82, 2.24) is 4.90 Å². The van der Waals surface area contributed by atoms with E-state index in [2.05, 4.69) is 29.2 Å². The van der Waals surface area contributed by atoms with Crippen LogP contribution in [-0.4, -0.2) is 71.8 Å². The molecule has 0 heterocycles. The summed E-state index contributed by atoms with van der Waals surface area (Å²) in [5, 5.41) is 0. The van der Waals surface area contributed by atoms with E-state index in [1.807, 2.05) is 0 Å². The Morgan fingerprint density at radius 3 is 2.04 bits per heavy atom. The zero-order valence-corrected chi connectivity index (χ0v) is 17.2. The zero-order valence-electron chi connectivity index (χ0n) is 17.2. The molecule has 1 aliphatic rings.